The van der Waals surface area contributed by atoms with E-state index in [9.17, 15) is 9.90 Å². The maximum atomic E-state index is 13.7. The second kappa shape index (κ2) is 10.6. The largest absolute Gasteiger partial charge is 0.475 e. The minimum atomic E-state index is -0.278. The number of para-hydroxylation sites is 1. The highest BCUT2D eigenvalue weighted by atomic mass is 16.5. The van der Waals surface area contributed by atoms with Gasteiger partial charge in [-0.25, -0.2) is 0 Å². The molecule has 1 unspecified atom stereocenters. The molecule has 1 atom stereocenters. The number of carbonyl (C=O) groups is 1. The Hall–Kier alpha value is -3.90. The fourth-order valence-corrected chi connectivity index (χ4v) is 3.76. The van der Waals surface area contributed by atoms with Crippen LogP contribution in [0.2, 0.25) is 0 Å². The Morgan fingerprint density at radius 3 is 2.18 bits per heavy atom. The molecular formula is C27H27N3O3. The van der Waals surface area contributed by atoms with Crippen molar-refractivity contribution >= 4 is 5.91 Å². The summed E-state index contributed by atoms with van der Waals surface area (Å²) >= 11 is 0. The first-order valence-electron chi connectivity index (χ1n) is 11.1. The highest BCUT2D eigenvalue weighted by Crippen LogP contribution is 2.33. The van der Waals surface area contributed by atoms with Crippen LogP contribution in [-0.2, 0) is 0 Å². The number of aliphatic hydroxyl groups excluding tert-OH is 1. The van der Waals surface area contributed by atoms with E-state index >= 15 is 0 Å². The molecule has 4 rings (SSSR count). The number of benzene rings is 3. The summed E-state index contributed by atoms with van der Waals surface area (Å²) in [6.07, 6.45) is 0.732. The van der Waals surface area contributed by atoms with Crippen LogP contribution >= 0.6 is 0 Å². The summed E-state index contributed by atoms with van der Waals surface area (Å²) in [6.45, 7) is 1.90. The summed E-state index contributed by atoms with van der Waals surface area (Å²) in [6, 6.07) is 28.8. The molecule has 1 aromatic heterocycles. The molecule has 33 heavy (non-hydrogen) atoms. The van der Waals surface area contributed by atoms with Gasteiger partial charge in [0.1, 0.15) is 17.9 Å². The molecular weight excluding hydrogens is 414 g/mol. The first-order chi connectivity index (χ1) is 16.2. The van der Waals surface area contributed by atoms with E-state index in [4.69, 9.17) is 9.84 Å². The van der Waals surface area contributed by atoms with Crippen molar-refractivity contribution in [2.75, 3.05) is 13.2 Å². The van der Waals surface area contributed by atoms with Crippen LogP contribution in [0.15, 0.2) is 91.0 Å². The van der Waals surface area contributed by atoms with Gasteiger partial charge in [-0.15, -0.1) is 0 Å². The zero-order chi connectivity index (χ0) is 23.0. The average Bonchev–Trinajstić information content (AvgIpc) is 3.27. The number of amides is 1. The minimum Gasteiger partial charge on any atom is -0.475 e. The molecule has 0 radical (unpaired) electrons. The number of hydrogen-bond donors (Lipinski definition) is 2. The molecule has 2 N–H and O–H groups in total. The molecule has 0 saturated heterocycles. The van der Waals surface area contributed by atoms with E-state index in [0.717, 1.165) is 23.2 Å². The fourth-order valence-electron chi connectivity index (χ4n) is 3.76. The summed E-state index contributed by atoms with van der Waals surface area (Å²) < 4.78 is 7.53. The normalized spacial score (nSPS) is 11.7. The SMILES string of the molecule is CCC(NC(=O)c1c(-c2ccccc2)nn(-c2ccccc2)c1OCCO)c1ccccc1. The highest BCUT2D eigenvalue weighted by Gasteiger charge is 2.28. The van der Waals surface area contributed by atoms with Gasteiger partial charge in [0.25, 0.3) is 5.91 Å². The third-order valence-electron chi connectivity index (χ3n) is 5.36. The average molecular weight is 442 g/mol. The number of aromatic nitrogens is 2. The Labute approximate surface area is 193 Å². The van der Waals surface area contributed by atoms with E-state index in [1.165, 1.54) is 0 Å². The molecule has 0 aliphatic heterocycles. The maximum Gasteiger partial charge on any atom is 0.259 e. The van der Waals surface area contributed by atoms with Gasteiger partial charge in [0.15, 0.2) is 0 Å². The molecule has 0 fully saturated rings. The molecule has 0 bridgehead atoms. The van der Waals surface area contributed by atoms with E-state index in [1.807, 2.05) is 97.9 Å². The lowest BCUT2D eigenvalue weighted by atomic mass is 10.0. The van der Waals surface area contributed by atoms with Crippen molar-refractivity contribution in [3.05, 3.63) is 102 Å². The number of hydrogen-bond acceptors (Lipinski definition) is 4. The summed E-state index contributed by atoms with van der Waals surface area (Å²) in [7, 11) is 0. The predicted molar refractivity (Wildman–Crippen MR) is 129 cm³/mol. The van der Waals surface area contributed by atoms with Crippen LogP contribution in [-0.4, -0.2) is 34.0 Å². The van der Waals surface area contributed by atoms with E-state index in [2.05, 4.69) is 5.32 Å². The second-order valence-electron chi connectivity index (χ2n) is 7.56. The van der Waals surface area contributed by atoms with E-state index in [-0.39, 0.29) is 25.2 Å². The molecule has 0 spiro atoms. The van der Waals surface area contributed by atoms with Crippen LogP contribution in [0.25, 0.3) is 16.9 Å². The zero-order valence-corrected chi connectivity index (χ0v) is 18.5. The standard InChI is InChI=1S/C27H27N3O3/c1-2-23(20-12-6-3-7-13-20)28-26(32)24-25(21-14-8-4-9-15-21)29-30(27(24)33-19-18-31)22-16-10-5-11-17-22/h3-17,23,31H,2,18-19H2,1H3,(H,28,32). The van der Waals surface area contributed by atoms with Crippen LogP contribution < -0.4 is 10.1 Å². The molecule has 168 valence electrons. The van der Waals surface area contributed by atoms with E-state index < -0.39 is 0 Å². The Morgan fingerprint density at radius 2 is 1.58 bits per heavy atom. The molecule has 0 aliphatic carbocycles. The van der Waals surface area contributed by atoms with Crippen LogP contribution in [0.5, 0.6) is 5.88 Å². The number of aliphatic hydroxyl groups is 1. The predicted octanol–water partition coefficient (Wildman–Crippen LogP) is 4.79. The second-order valence-corrected chi connectivity index (χ2v) is 7.56. The topological polar surface area (TPSA) is 76.4 Å². The van der Waals surface area contributed by atoms with Gasteiger partial charge in [-0.05, 0) is 24.1 Å². The highest BCUT2D eigenvalue weighted by molar-refractivity contribution is 6.02. The van der Waals surface area contributed by atoms with Crippen molar-refractivity contribution in [3.63, 3.8) is 0 Å². The van der Waals surface area contributed by atoms with E-state index in [0.29, 0.717) is 17.1 Å². The molecule has 4 aromatic rings. The lowest BCUT2D eigenvalue weighted by molar-refractivity contribution is 0.0930. The van der Waals surface area contributed by atoms with Gasteiger partial charge in [0, 0.05) is 5.56 Å². The molecule has 0 aliphatic rings. The van der Waals surface area contributed by atoms with Crippen molar-refractivity contribution in [1.29, 1.82) is 0 Å². The summed E-state index contributed by atoms with van der Waals surface area (Å²) in [5.41, 5.74) is 3.46. The zero-order valence-electron chi connectivity index (χ0n) is 18.5. The first-order valence-corrected chi connectivity index (χ1v) is 11.1. The van der Waals surface area contributed by atoms with Crippen LogP contribution in [0.1, 0.15) is 35.3 Å². The third-order valence-corrected chi connectivity index (χ3v) is 5.36. The lowest BCUT2D eigenvalue weighted by Crippen LogP contribution is -2.29. The van der Waals surface area contributed by atoms with Gasteiger partial charge in [0.2, 0.25) is 5.88 Å². The molecule has 6 heteroatoms. The lowest BCUT2D eigenvalue weighted by Gasteiger charge is -2.18. The summed E-state index contributed by atoms with van der Waals surface area (Å²) in [5.74, 6) is 0.0224. The smallest absolute Gasteiger partial charge is 0.259 e. The first kappa shape index (κ1) is 22.3. The van der Waals surface area contributed by atoms with Gasteiger partial charge in [-0.2, -0.15) is 9.78 Å². The van der Waals surface area contributed by atoms with Gasteiger partial charge < -0.3 is 15.2 Å². The van der Waals surface area contributed by atoms with E-state index in [1.54, 1.807) is 4.68 Å². The Morgan fingerprint density at radius 1 is 0.970 bits per heavy atom. The Balaban J connectivity index is 1.83. The van der Waals surface area contributed by atoms with Crippen molar-refractivity contribution < 1.29 is 14.6 Å². The maximum absolute atomic E-state index is 13.7. The molecule has 6 nitrogen and oxygen atoms in total. The number of ether oxygens (including phenoxy) is 1. The monoisotopic (exact) mass is 441 g/mol. The van der Waals surface area contributed by atoms with Crippen molar-refractivity contribution in [3.8, 4) is 22.8 Å². The molecule has 0 saturated carbocycles. The Bertz CT molecular complexity index is 1180. The molecule has 3 aromatic carbocycles. The van der Waals surface area contributed by atoms with Crippen LogP contribution in [0.4, 0.5) is 0 Å². The van der Waals surface area contributed by atoms with Gasteiger partial charge >= 0.3 is 0 Å². The van der Waals surface area contributed by atoms with Crippen molar-refractivity contribution in [2.24, 2.45) is 0 Å². The number of nitrogens with zero attached hydrogens (tertiary/aromatic N) is 2. The van der Waals surface area contributed by atoms with Gasteiger partial charge in [0.05, 0.1) is 18.3 Å². The van der Waals surface area contributed by atoms with Crippen LogP contribution in [0, 0.1) is 0 Å². The van der Waals surface area contributed by atoms with Crippen molar-refractivity contribution in [1.82, 2.24) is 15.1 Å². The number of rotatable bonds is 9. The fraction of sp³-hybridized carbons (Fsp3) is 0.185. The summed E-state index contributed by atoms with van der Waals surface area (Å²) in [4.78, 5) is 13.7. The number of nitrogens with one attached hydrogen (secondary N) is 1. The summed E-state index contributed by atoms with van der Waals surface area (Å²) in [5, 5.41) is 17.4. The Kier molecular flexibility index (Phi) is 7.17. The third kappa shape index (κ3) is 4.96. The van der Waals surface area contributed by atoms with Gasteiger partial charge in [-0.1, -0.05) is 85.8 Å². The van der Waals surface area contributed by atoms with Crippen LogP contribution in [0.3, 0.4) is 0 Å². The molecule has 1 heterocycles. The molecule has 1 amide bonds. The van der Waals surface area contributed by atoms with Gasteiger partial charge in [-0.3, -0.25) is 4.79 Å². The minimum absolute atomic E-state index is 0.0446. The quantitative estimate of drug-likeness (QED) is 0.392. The van der Waals surface area contributed by atoms with Crippen molar-refractivity contribution in [2.45, 2.75) is 19.4 Å². The number of carbonyl (C=O) groups excluding carboxylic acids is 1.